The second-order valence-corrected chi connectivity index (χ2v) is 14.5. The molecule has 2 aromatic heterocycles. The molecule has 1 aromatic carbocycles. The molecule has 252 valence electrons. The van der Waals surface area contributed by atoms with Crippen molar-refractivity contribution in [3.63, 3.8) is 0 Å². The summed E-state index contributed by atoms with van der Waals surface area (Å²) in [4.78, 5) is 71.9. The third-order valence-corrected chi connectivity index (χ3v) is 11.6. The number of oxime groups is 1. The van der Waals surface area contributed by atoms with Crippen molar-refractivity contribution in [3.8, 4) is 17.4 Å². The minimum atomic E-state index is -1.87. The van der Waals surface area contributed by atoms with Crippen LogP contribution in [0.25, 0.3) is 0 Å². The first kappa shape index (κ1) is 45.4. The number of phenols is 2. The Hall–Kier alpha value is -1.71. The molecule has 0 bridgehead atoms. The number of hydrogen-bond donors (Lipinski definition) is 5. The van der Waals surface area contributed by atoms with Gasteiger partial charge in [0.2, 0.25) is 11.3 Å². The van der Waals surface area contributed by atoms with Crippen LogP contribution in [0.3, 0.4) is 0 Å². The Balaban J connectivity index is 0.00000300. The molecular formula is C25H17N6Na3O12S5. The largest absolute Gasteiger partial charge is 1.00 e. The van der Waals surface area contributed by atoms with Gasteiger partial charge in [0.15, 0.2) is 22.3 Å². The van der Waals surface area contributed by atoms with E-state index in [4.69, 9.17) is 10.6 Å². The molecule has 2 aliphatic rings. The van der Waals surface area contributed by atoms with Crippen molar-refractivity contribution >= 4 is 98.7 Å². The Morgan fingerprint density at radius 3 is 2.41 bits per heavy atom. The monoisotopic (exact) mass is 822 g/mol. The van der Waals surface area contributed by atoms with Crippen LogP contribution in [0.2, 0.25) is 0 Å². The van der Waals surface area contributed by atoms with E-state index in [2.05, 4.69) is 19.8 Å². The summed E-state index contributed by atoms with van der Waals surface area (Å²) in [6, 6.07) is 2.17. The average Bonchev–Trinajstić information content (AvgIpc) is 3.63. The number of aliphatic carboxylic acids is 2. The van der Waals surface area contributed by atoms with E-state index in [0.717, 1.165) is 51.9 Å². The van der Waals surface area contributed by atoms with Crippen LogP contribution >= 0.6 is 58.2 Å². The first-order chi connectivity index (χ1) is 22.8. The number of hydrogen-bond acceptors (Lipinski definition) is 21. The number of aromatic carboxylic acids is 1. The number of rotatable bonds is 13. The van der Waals surface area contributed by atoms with E-state index in [1.54, 1.807) is 0 Å². The van der Waals surface area contributed by atoms with Crippen molar-refractivity contribution in [2.24, 2.45) is 5.16 Å². The Morgan fingerprint density at radius 2 is 1.82 bits per heavy atom. The molecule has 5 rings (SSSR count). The Morgan fingerprint density at radius 1 is 1.12 bits per heavy atom. The Bertz CT molecular complexity index is 1910. The molecule has 1 saturated heterocycles. The van der Waals surface area contributed by atoms with Crippen LogP contribution in [-0.2, 0) is 24.0 Å². The number of thiazole rings is 1. The van der Waals surface area contributed by atoms with Crippen LogP contribution in [0.15, 0.2) is 49.1 Å². The normalized spacial score (nSPS) is 17.1. The van der Waals surface area contributed by atoms with Gasteiger partial charge in [-0.1, -0.05) is 16.9 Å². The van der Waals surface area contributed by atoms with Gasteiger partial charge in [0.1, 0.15) is 17.1 Å². The zero-order valence-electron chi connectivity index (χ0n) is 26.4. The summed E-state index contributed by atoms with van der Waals surface area (Å²) in [5, 5.41) is 70.6. The van der Waals surface area contributed by atoms with Crippen molar-refractivity contribution < 1.29 is 148 Å². The van der Waals surface area contributed by atoms with E-state index in [9.17, 15) is 54.6 Å². The van der Waals surface area contributed by atoms with E-state index in [-0.39, 0.29) is 126 Å². The summed E-state index contributed by atoms with van der Waals surface area (Å²) in [5.41, 5.74) is 2.29. The summed E-state index contributed by atoms with van der Waals surface area (Å²) < 4.78 is 3.62. The minimum absolute atomic E-state index is 0. The van der Waals surface area contributed by atoms with Crippen molar-refractivity contribution in [2.75, 3.05) is 17.2 Å². The summed E-state index contributed by atoms with van der Waals surface area (Å²) in [6.45, 7) is 0. The number of benzene rings is 1. The number of fused-ring (bicyclic) bond motifs is 1. The predicted octanol–water partition coefficient (Wildman–Crippen LogP) is -11.5. The van der Waals surface area contributed by atoms with Crippen molar-refractivity contribution in [1.29, 1.82) is 0 Å². The molecule has 0 radical (unpaired) electrons. The average molecular weight is 823 g/mol. The van der Waals surface area contributed by atoms with E-state index in [1.165, 1.54) is 11.4 Å². The van der Waals surface area contributed by atoms with Crippen molar-refractivity contribution in [3.05, 3.63) is 46.1 Å². The number of nitrogens with two attached hydrogens (primary N) is 1. The van der Waals surface area contributed by atoms with Crippen LogP contribution in [-0.4, -0.2) is 93.4 Å². The van der Waals surface area contributed by atoms with E-state index >= 15 is 0 Å². The third kappa shape index (κ3) is 10.3. The van der Waals surface area contributed by atoms with Gasteiger partial charge in [0.25, 0.3) is 11.8 Å². The van der Waals surface area contributed by atoms with Gasteiger partial charge in [-0.15, -0.1) is 34.9 Å². The number of carbonyl (C=O) groups excluding carboxylic acids is 5. The van der Waals surface area contributed by atoms with Crippen LogP contribution < -0.4 is 115 Å². The number of amides is 2. The Labute approximate surface area is 373 Å². The first-order valence-corrected chi connectivity index (χ1v) is 17.4. The van der Waals surface area contributed by atoms with E-state index in [1.807, 2.05) is 0 Å². The molecule has 0 saturated carbocycles. The number of nitrogen functional groups attached to an aromatic ring is 1. The SMILES string of the molecule is Nc1nc(/C(=N/O[C@H](Sc2ccc(O)c(O)c2)C(=O)[O-])C(=O)N[C@@H]2C(=O)N3C(C(=O)[O-])=C(CSc4snc(O)c4C(=O)[O-])CS[C@@H]23)cs1.[Na+].[Na+].[Na+]. The van der Waals surface area contributed by atoms with Gasteiger partial charge in [-0.2, -0.15) is 4.37 Å². The summed E-state index contributed by atoms with van der Waals surface area (Å²) in [5.74, 6) is -8.82. The quantitative estimate of drug-likeness (QED) is 0.0203. The van der Waals surface area contributed by atoms with Crippen LogP contribution in [0.5, 0.6) is 17.4 Å². The molecule has 0 unspecified atom stereocenters. The number of anilines is 1. The van der Waals surface area contributed by atoms with Gasteiger partial charge in [-0.3, -0.25) is 14.5 Å². The molecule has 4 heterocycles. The number of thioether (sulfide) groups is 3. The summed E-state index contributed by atoms with van der Waals surface area (Å²) in [7, 11) is 0. The molecule has 2 aliphatic heterocycles. The van der Waals surface area contributed by atoms with E-state index < -0.39 is 80.9 Å². The second kappa shape index (κ2) is 19.6. The fourth-order valence-electron chi connectivity index (χ4n) is 4.20. The van der Waals surface area contributed by atoms with Gasteiger partial charge >= 0.3 is 88.7 Å². The maximum Gasteiger partial charge on any atom is 1.00 e. The number of nitrogens with one attached hydrogen (secondary N) is 1. The van der Waals surface area contributed by atoms with Crippen molar-refractivity contribution in [1.82, 2.24) is 19.6 Å². The fourth-order valence-corrected chi connectivity index (χ4v) is 8.87. The smallest absolute Gasteiger partial charge is 0.545 e. The van der Waals surface area contributed by atoms with Crippen molar-refractivity contribution in [2.45, 2.75) is 26.0 Å². The molecule has 3 aromatic rings. The van der Waals surface area contributed by atoms with Crippen LogP contribution in [0.4, 0.5) is 5.13 Å². The summed E-state index contributed by atoms with van der Waals surface area (Å²) >= 11 is 4.05. The number of phenolic OH excluding ortho intramolecular Hbond substituents is 2. The molecule has 51 heavy (non-hydrogen) atoms. The molecule has 6 N–H and O–H groups in total. The molecule has 0 aliphatic carbocycles. The Kier molecular flexibility index (Phi) is 17.4. The number of nitrogens with zero attached hydrogens (tertiary/aromatic N) is 4. The number of aromatic hydroxyl groups is 3. The topological polar surface area (TPSA) is 304 Å². The van der Waals surface area contributed by atoms with E-state index in [0.29, 0.717) is 23.3 Å². The van der Waals surface area contributed by atoms with Gasteiger partial charge in [0, 0.05) is 21.8 Å². The van der Waals surface area contributed by atoms with Gasteiger partial charge in [-0.05, 0) is 35.3 Å². The van der Waals surface area contributed by atoms with Crippen LogP contribution in [0, 0.1) is 0 Å². The fraction of sp³-hybridized carbons (Fsp3) is 0.200. The number of carboxylic acids is 3. The zero-order chi connectivity index (χ0) is 34.9. The molecule has 2 amide bonds. The molecule has 26 heteroatoms. The predicted molar refractivity (Wildman–Crippen MR) is 164 cm³/mol. The van der Waals surface area contributed by atoms with Gasteiger partial charge < -0.3 is 60.9 Å². The first-order valence-electron chi connectivity index (χ1n) is 12.8. The standard InChI is InChI=1S/C25H20N6O12S5.3Na/c26-25-27-9(6-46-25)13(29-43-23(22(41)42)47-8-1-2-10(32)11(33)3-8)17(35)28-14-18(36)31-15(21(39)40)7(4-44-19(14)31)5-45-24-12(20(37)38)16(34)30-48-24;;;/h1-3,6,14,19,23,32-33H,4-5H2,(H2,26,27)(H,28,35)(H,30,34)(H,37,38)(H,39,40)(H,41,42);;;/q;3*+1/p-3/b29-13-;;;/t14-,19+,23-;;;/m1.../s1. The number of β-lactam (4-membered cyclic amide) rings is 1. The number of carbonyl (C=O) groups is 5. The maximum atomic E-state index is 13.4. The molecular weight excluding hydrogens is 806 g/mol. The number of carboxylic acid groups (broad SMARTS) is 3. The zero-order valence-corrected chi connectivity index (χ0v) is 36.5. The molecule has 3 atom stereocenters. The second-order valence-electron chi connectivity index (χ2n) is 9.38. The maximum absolute atomic E-state index is 13.4. The summed E-state index contributed by atoms with van der Waals surface area (Å²) in [6.07, 6.45) is 0. The number of aromatic nitrogens is 2. The van der Waals surface area contributed by atoms with Crippen LogP contribution in [0.1, 0.15) is 16.1 Å². The third-order valence-electron chi connectivity index (χ3n) is 6.35. The van der Waals surface area contributed by atoms with Gasteiger partial charge in [0.05, 0.1) is 33.4 Å². The van der Waals surface area contributed by atoms with Gasteiger partial charge in [-0.25, -0.2) is 4.98 Å². The molecule has 0 spiro atoms. The molecule has 1 fully saturated rings. The minimum Gasteiger partial charge on any atom is -0.545 e. The molecule has 18 nitrogen and oxygen atoms in total.